The van der Waals surface area contributed by atoms with E-state index in [1.54, 1.807) is 41.6 Å². The summed E-state index contributed by atoms with van der Waals surface area (Å²) < 4.78 is 10.6. The normalized spacial score (nSPS) is 21.7. The first kappa shape index (κ1) is 22.1. The van der Waals surface area contributed by atoms with Crippen LogP contribution in [0.4, 0.5) is 0 Å². The van der Waals surface area contributed by atoms with Crippen LogP contribution in [0.15, 0.2) is 48.8 Å². The molecule has 2 saturated heterocycles. The smallest absolute Gasteiger partial charge is 0.291 e. The lowest BCUT2D eigenvalue weighted by Crippen LogP contribution is -3.14. The van der Waals surface area contributed by atoms with E-state index >= 15 is 0 Å². The van der Waals surface area contributed by atoms with Crippen molar-refractivity contribution in [3.05, 3.63) is 59.9 Å². The number of Topliss-reactive ketones (excluding diaryl/α,β-unsaturated/α-hetero) is 2. The molecule has 2 unspecified atom stereocenters. The molecule has 8 nitrogen and oxygen atoms in total. The first-order valence-corrected chi connectivity index (χ1v) is 11.0. The minimum atomic E-state index is -1.08. The molecule has 2 N–H and O–H groups in total. The predicted molar refractivity (Wildman–Crippen MR) is 114 cm³/mol. The van der Waals surface area contributed by atoms with Crippen LogP contribution in [0, 0.1) is 5.92 Å². The Kier molecular flexibility index (Phi) is 6.92. The van der Waals surface area contributed by atoms with Gasteiger partial charge in [0.15, 0.2) is 18.2 Å². The number of ether oxygens (including phenoxy) is 2. The van der Waals surface area contributed by atoms with Crippen LogP contribution >= 0.6 is 0 Å². The van der Waals surface area contributed by atoms with Gasteiger partial charge in [0.25, 0.3) is 5.91 Å². The van der Waals surface area contributed by atoms with Crippen LogP contribution in [0.2, 0.25) is 0 Å². The van der Waals surface area contributed by atoms with Crippen molar-refractivity contribution in [3.63, 3.8) is 0 Å². The van der Waals surface area contributed by atoms with E-state index in [0.29, 0.717) is 17.9 Å². The van der Waals surface area contributed by atoms with Gasteiger partial charge in [-0.05, 0) is 17.7 Å². The number of morpholine rings is 1. The van der Waals surface area contributed by atoms with Gasteiger partial charge in [0.1, 0.15) is 24.8 Å². The molecule has 0 spiro atoms. The third-order valence-electron chi connectivity index (χ3n) is 6.26. The number of nitrogens with zero attached hydrogens (tertiary/aromatic N) is 1. The second-order valence-corrected chi connectivity index (χ2v) is 8.18. The van der Waals surface area contributed by atoms with Gasteiger partial charge in [0.05, 0.1) is 32.9 Å². The van der Waals surface area contributed by atoms with E-state index < -0.39 is 23.7 Å². The van der Waals surface area contributed by atoms with E-state index in [2.05, 4.69) is 4.98 Å². The number of hydrogen-bond donors (Lipinski definition) is 1. The fraction of sp³-hybridized carbons (Fsp3) is 0.417. The molecule has 2 atom stereocenters. The lowest BCUT2D eigenvalue weighted by molar-refractivity contribution is -0.908. The Morgan fingerprint density at radius 3 is 2.66 bits per heavy atom. The zero-order valence-electron chi connectivity index (χ0n) is 18.2. The van der Waals surface area contributed by atoms with Crippen LogP contribution in [0.5, 0.6) is 5.75 Å². The van der Waals surface area contributed by atoms with Gasteiger partial charge in [-0.3, -0.25) is 14.4 Å². The first-order chi connectivity index (χ1) is 15.6. The van der Waals surface area contributed by atoms with E-state index in [0.717, 1.165) is 44.8 Å². The van der Waals surface area contributed by atoms with Crippen LogP contribution in [0.3, 0.4) is 0 Å². The van der Waals surface area contributed by atoms with Gasteiger partial charge < -0.3 is 19.3 Å². The molecule has 1 amide bonds. The van der Waals surface area contributed by atoms with Crippen molar-refractivity contribution in [1.29, 1.82) is 0 Å². The van der Waals surface area contributed by atoms with Crippen molar-refractivity contribution >= 4 is 17.5 Å². The SMILES string of the molecule is COc1cccc(C(=O)C2C(=O)C(=O)N(CCC[NH+]3CCOCC3)C2c2cc[nH+]cc2)c1. The number of nitrogens with one attached hydrogen (secondary N) is 2. The monoisotopic (exact) mass is 439 g/mol. The number of aromatic amines is 1. The molecular weight excluding hydrogens is 410 g/mol. The van der Waals surface area contributed by atoms with Gasteiger partial charge in [-0.25, -0.2) is 4.98 Å². The summed E-state index contributed by atoms with van der Waals surface area (Å²) in [7, 11) is 1.52. The molecule has 2 aliphatic rings. The largest absolute Gasteiger partial charge is 0.497 e. The zero-order valence-corrected chi connectivity index (χ0v) is 18.2. The second kappa shape index (κ2) is 10.0. The maximum Gasteiger partial charge on any atom is 0.291 e. The third kappa shape index (κ3) is 4.56. The molecule has 8 heteroatoms. The average Bonchev–Trinajstić information content (AvgIpc) is 3.10. The van der Waals surface area contributed by atoms with E-state index in [4.69, 9.17) is 9.47 Å². The van der Waals surface area contributed by atoms with Crippen molar-refractivity contribution in [2.75, 3.05) is 46.5 Å². The number of amides is 1. The Morgan fingerprint density at radius 2 is 1.94 bits per heavy atom. The summed E-state index contributed by atoms with van der Waals surface area (Å²) in [6, 6.07) is 9.74. The lowest BCUT2D eigenvalue weighted by Gasteiger charge is -2.28. The van der Waals surface area contributed by atoms with Crippen molar-refractivity contribution in [2.45, 2.75) is 12.5 Å². The number of H-pyrrole nitrogens is 1. The molecule has 2 aliphatic heterocycles. The molecule has 3 heterocycles. The van der Waals surface area contributed by atoms with E-state index in [1.807, 2.05) is 12.1 Å². The molecule has 4 rings (SSSR count). The number of methoxy groups -OCH3 is 1. The lowest BCUT2D eigenvalue weighted by atomic mass is 9.86. The molecule has 32 heavy (non-hydrogen) atoms. The number of rotatable bonds is 8. The summed E-state index contributed by atoms with van der Waals surface area (Å²) in [5, 5.41) is 0. The average molecular weight is 440 g/mol. The van der Waals surface area contributed by atoms with Crippen LogP contribution in [0.1, 0.15) is 28.4 Å². The molecule has 0 radical (unpaired) electrons. The van der Waals surface area contributed by atoms with Crippen LogP contribution in [-0.4, -0.2) is 68.9 Å². The molecule has 1 aromatic carbocycles. The van der Waals surface area contributed by atoms with Gasteiger partial charge in [-0.2, -0.15) is 0 Å². The Hall–Kier alpha value is -3.10. The maximum absolute atomic E-state index is 13.4. The molecule has 2 fully saturated rings. The highest BCUT2D eigenvalue weighted by atomic mass is 16.5. The first-order valence-electron chi connectivity index (χ1n) is 11.0. The standard InChI is InChI=1S/C24H27N3O5/c1-31-19-5-2-4-18(16-19)22(28)20-21(17-6-8-25-9-7-17)27(24(30)23(20)29)11-3-10-26-12-14-32-15-13-26/h2,4-9,16,20-21H,3,10-15H2,1H3/p+2. The van der Waals surface area contributed by atoms with Crippen molar-refractivity contribution < 1.29 is 33.7 Å². The topological polar surface area (TPSA) is 91.5 Å². The fourth-order valence-corrected chi connectivity index (χ4v) is 4.56. The molecule has 0 aliphatic carbocycles. The Balaban J connectivity index is 1.59. The number of quaternary nitrogens is 1. The summed E-state index contributed by atoms with van der Waals surface area (Å²) >= 11 is 0. The van der Waals surface area contributed by atoms with E-state index in [-0.39, 0.29) is 5.78 Å². The van der Waals surface area contributed by atoms with Gasteiger partial charge >= 0.3 is 0 Å². The summed E-state index contributed by atoms with van der Waals surface area (Å²) in [5.74, 6) is -2.13. The predicted octanol–water partition coefficient (Wildman–Crippen LogP) is -0.234. The number of likely N-dealkylation sites (tertiary alicyclic amines) is 1. The van der Waals surface area contributed by atoms with Gasteiger partial charge in [0, 0.05) is 30.7 Å². The Morgan fingerprint density at radius 1 is 1.19 bits per heavy atom. The Labute approximate surface area is 187 Å². The highest BCUT2D eigenvalue weighted by Gasteiger charge is 2.51. The number of carbonyl (C=O) groups is 3. The van der Waals surface area contributed by atoms with Crippen molar-refractivity contribution in [3.8, 4) is 5.75 Å². The quantitative estimate of drug-likeness (QED) is 0.349. The minimum Gasteiger partial charge on any atom is -0.497 e. The fourth-order valence-electron chi connectivity index (χ4n) is 4.56. The number of ketones is 2. The highest BCUT2D eigenvalue weighted by Crippen LogP contribution is 2.38. The van der Waals surface area contributed by atoms with E-state index in [1.165, 1.54) is 12.0 Å². The van der Waals surface area contributed by atoms with Crippen molar-refractivity contribution in [1.82, 2.24) is 4.90 Å². The zero-order chi connectivity index (χ0) is 22.5. The van der Waals surface area contributed by atoms with Crippen LogP contribution < -0.4 is 14.6 Å². The second-order valence-electron chi connectivity index (χ2n) is 8.18. The summed E-state index contributed by atoms with van der Waals surface area (Å²) in [4.78, 5) is 45.5. The molecular formula is C24H29N3O5+2. The number of carbonyl (C=O) groups excluding carboxylic acids is 3. The molecule has 0 bridgehead atoms. The van der Waals surface area contributed by atoms with Crippen LogP contribution in [0.25, 0.3) is 0 Å². The number of pyridine rings is 1. The summed E-state index contributed by atoms with van der Waals surface area (Å²) in [6.07, 6.45) is 4.24. The molecule has 168 valence electrons. The number of benzene rings is 1. The minimum absolute atomic E-state index is 0.360. The van der Waals surface area contributed by atoms with Gasteiger partial charge in [0.2, 0.25) is 5.78 Å². The molecule has 0 saturated carbocycles. The third-order valence-corrected chi connectivity index (χ3v) is 6.26. The number of hydrogen-bond acceptors (Lipinski definition) is 5. The van der Waals surface area contributed by atoms with E-state index in [9.17, 15) is 14.4 Å². The summed E-state index contributed by atoms with van der Waals surface area (Å²) in [5.41, 5.74) is 1.13. The highest BCUT2D eigenvalue weighted by molar-refractivity contribution is 6.44. The van der Waals surface area contributed by atoms with Crippen LogP contribution in [-0.2, 0) is 14.3 Å². The van der Waals surface area contributed by atoms with Gasteiger partial charge in [-0.15, -0.1) is 0 Å². The van der Waals surface area contributed by atoms with Gasteiger partial charge in [-0.1, -0.05) is 12.1 Å². The Bertz CT molecular complexity index is 975. The summed E-state index contributed by atoms with van der Waals surface area (Å²) in [6.45, 7) is 4.71. The molecule has 1 aromatic heterocycles. The van der Waals surface area contributed by atoms with Crippen molar-refractivity contribution in [2.24, 2.45) is 5.92 Å². The maximum atomic E-state index is 13.4. The molecule has 2 aromatic rings. The number of aromatic nitrogens is 1.